The van der Waals surface area contributed by atoms with E-state index in [1.807, 2.05) is 30.3 Å². The van der Waals surface area contributed by atoms with Crippen molar-refractivity contribution in [3.63, 3.8) is 0 Å². The molecule has 0 saturated carbocycles. The average molecular weight is 302 g/mol. The summed E-state index contributed by atoms with van der Waals surface area (Å²) in [7, 11) is 0. The molecule has 0 saturated heterocycles. The molecule has 0 aliphatic heterocycles. The first-order valence-corrected chi connectivity index (χ1v) is 6.42. The van der Waals surface area contributed by atoms with Crippen molar-refractivity contribution < 1.29 is 27.4 Å². The molecule has 6 heteroatoms. The second-order valence-electron chi connectivity index (χ2n) is 4.38. The zero-order valence-corrected chi connectivity index (χ0v) is 11.6. The van der Waals surface area contributed by atoms with Gasteiger partial charge in [-0.2, -0.15) is 13.2 Å². The number of allylic oxidation sites excluding steroid dienone is 1. The number of esters is 1. The van der Waals surface area contributed by atoms with E-state index in [9.17, 15) is 18.0 Å². The summed E-state index contributed by atoms with van der Waals surface area (Å²) >= 11 is 0. The molecule has 0 fully saturated rings. The van der Waals surface area contributed by atoms with E-state index in [-0.39, 0.29) is 19.1 Å². The molecule has 0 spiro atoms. The number of hydrogen-bond acceptors (Lipinski definition) is 3. The number of rotatable bonds is 7. The first-order chi connectivity index (χ1) is 9.87. The molecule has 1 aromatic carbocycles. The Kier molecular flexibility index (Phi) is 6.94. The largest absolute Gasteiger partial charge is 0.458 e. The van der Waals surface area contributed by atoms with Gasteiger partial charge in [0.1, 0.15) is 6.10 Å². The summed E-state index contributed by atoms with van der Waals surface area (Å²) in [5, 5.41) is 0. The monoisotopic (exact) mass is 302 g/mol. The van der Waals surface area contributed by atoms with Gasteiger partial charge in [-0.1, -0.05) is 30.3 Å². The summed E-state index contributed by atoms with van der Waals surface area (Å²) < 4.78 is 46.5. The van der Waals surface area contributed by atoms with Crippen molar-refractivity contribution in [2.24, 2.45) is 0 Å². The predicted octanol–water partition coefficient (Wildman–Crippen LogP) is 3.64. The van der Waals surface area contributed by atoms with Crippen molar-refractivity contribution >= 4 is 5.97 Å². The lowest BCUT2D eigenvalue weighted by atomic mass is 10.2. The summed E-state index contributed by atoms with van der Waals surface area (Å²) in [6.45, 7) is 1.70. The van der Waals surface area contributed by atoms with Crippen LogP contribution < -0.4 is 0 Å². The molecule has 21 heavy (non-hydrogen) atoms. The molecule has 1 rings (SSSR count). The Bertz CT molecular complexity index is 455. The standard InChI is InChI=1S/C15H17F3O3/c1-12(19)21-14(7-9-15(16,17)18)8-10-20-11-13-5-3-2-4-6-13/h2-7,9,14H,8,10-11H2,1H3/b9-7-. The van der Waals surface area contributed by atoms with Crippen LogP contribution in [-0.2, 0) is 20.9 Å². The van der Waals surface area contributed by atoms with Crippen molar-refractivity contribution in [3.05, 3.63) is 48.0 Å². The average Bonchev–Trinajstić information content (AvgIpc) is 2.40. The highest BCUT2D eigenvalue weighted by molar-refractivity contribution is 5.66. The van der Waals surface area contributed by atoms with Gasteiger partial charge in [0.25, 0.3) is 0 Å². The van der Waals surface area contributed by atoms with E-state index in [1.54, 1.807) is 0 Å². The van der Waals surface area contributed by atoms with Crippen LogP contribution in [-0.4, -0.2) is 24.9 Å². The van der Waals surface area contributed by atoms with Crippen LogP contribution >= 0.6 is 0 Å². The van der Waals surface area contributed by atoms with Crippen LogP contribution in [0.15, 0.2) is 42.5 Å². The van der Waals surface area contributed by atoms with Crippen molar-refractivity contribution in [3.8, 4) is 0 Å². The molecule has 0 radical (unpaired) electrons. The van der Waals surface area contributed by atoms with Crippen molar-refractivity contribution in [2.75, 3.05) is 6.61 Å². The summed E-state index contributed by atoms with van der Waals surface area (Å²) in [5.41, 5.74) is 0.965. The van der Waals surface area contributed by atoms with E-state index < -0.39 is 18.2 Å². The van der Waals surface area contributed by atoms with E-state index in [2.05, 4.69) is 0 Å². The summed E-state index contributed by atoms with van der Waals surface area (Å²) in [6, 6.07) is 9.38. The smallest absolute Gasteiger partial charge is 0.409 e. The van der Waals surface area contributed by atoms with E-state index in [0.29, 0.717) is 6.61 Å². The number of alkyl halides is 3. The lowest BCUT2D eigenvalue weighted by Crippen LogP contribution is -2.17. The van der Waals surface area contributed by atoms with Gasteiger partial charge in [0.2, 0.25) is 0 Å². The molecule has 0 aromatic heterocycles. The van der Waals surface area contributed by atoms with Crippen LogP contribution in [0, 0.1) is 0 Å². The fraction of sp³-hybridized carbons (Fsp3) is 0.400. The molecular weight excluding hydrogens is 285 g/mol. The zero-order valence-electron chi connectivity index (χ0n) is 11.6. The van der Waals surface area contributed by atoms with Gasteiger partial charge in [-0.25, -0.2) is 0 Å². The lowest BCUT2D eigenvalue weighted by molar-refractivity contribution is -0.145. The van der Waals surface area contributed by atoms with E-state index >= 15 is 0 Å². The first kappa shape index (κ1) is 17.2. The molecular formula is C15H17F3O3. The van der Waals surface area contributed by atoms with E-state index in [0.717, 1.165) is 18.6 Å². The maximum atomic E-state index is 12.1. The highest BCUT2D eigenvalue weighted by Gasteiger charge is 2.23. The third-order valence-corrected chi connectivity index (χ3v) is 2.48. The molecule has 0 aliphatic rings. The Morgan fingerprint density at radius 2 is 1.95 bits per heavy atom. The minimum atomic E-state index is -4.43. The Hall–Kier alpha value is -1.82. The van der Waals surface area contributed by atoms with Crippen LogP contribution in [0.4, 0.5) is 13.2 Å². The van der Waals surface area contributed by atoms with Gasteiger partial charge < -0.3 is 9.47 Å². The van der Waals surface area contributed by atoms with Crippen LogP contribution in [0.25, 0.3) is 0 Å². The van der Waals surface area contributed by atoms with E-state index in [4.69, 9.17) is 9.47 Å². The number of carbonyl (C=O) groups is 1. The fourth-order valence-corrected chi connectivity index (χ4v) is 1.59. The van der Waals surface area contributed by atoms with Crippen LogP contribution in [0.3, 0.4) is 0 Å². The molecule has 0 amide bonds. The Labute approximate surface area is 121 Å². The van der Waals surface area contributed by atoms with Gasteiger partial charge in [-0.05, 0) is 11.6 Å². The first-order valence-electron chi connectivity index (χ1n) is 6.42. The lowest BCUT2D eigenvalue weighted by Gasteiger charge is -2.13. The van der Waals surface area contributed by atoms with Crippen LogP contribution in [0.2, 0.25) is 0 Å². The summed E-state index contributed by atoms with van der Waals surface area (Å²) in [4.78, 5) is 10.9. The maximum Gasteiger partial charge on any atom is 0.409 e. The van der Waals surface area contributed by atoms with Gasteiger partial charge in [0.05, 0.1) is 13.2 Å². The molecule has 3 nitrogen and oxygen atoms in total. The number of benzene rings is 1. The molecule has 116 valence electrons. The second kappa shape index (κ2) is 8.46. The number of carbonyl (C=O) groups excluding carboxylic acids is 1. The van der Waals surface area contributed by atoms with E-state index in [1.165, 1.54) is 0 Å². The molecule has 1 aromatic rings. The van der Waals surface area contributed by atoms with Crippen LogP contribution in [0.1, 0.15) is 18.9 Å². The topological polar surface area (TPSA) is 35.5 Å². The molecule has 0 heterocycles. The van der Waals surface area contributed by atoms with Crippen molar-refractivity contribution in [2.45, 2.75) is 32.2 Å². The fourth-order valence-electron chi connectivity index (χ4n) is 1.59. The normalized spacial score (nSPS) is 13.3. The third-order valence-electron chi connectivity index (χ3n) is 2.48. The Morgan fingerprint density at radius 1 is 1.29 bits per heavy atom. The van der Waals surface area contributed by atoms with Gasteiger partial charge in [-0.15, -0.1) is 0 Å². The minimum absolute atomic E-state index is 0.0673. The van der Waals surface area contributed by atoms with Gasteiger partial charge in [-0.3, -0.25) is 4.79 Å². The summed E-state index contributed by atoms with van der Waals surface area (Å²) in [5.74, 6) is -0.630. The Balaban J connectivity index is 2.39. The van der Waals surface area contributed by atoms with Crippen molar-refractivity contribution in [1.29, 1.82) is 0 Å². The SMILES string of the molecule is CC(=O)OC(/C=C\C(F)(F)F)CCOCc1ccccc1. The quantitative estimate of drug-likeness (QED) is 0.438. The highest BCUT2D eigenvalue weighted by atomic mass is 19.4. The van der Waals surface area contributed by atoms with Crippen LogP contribution in [0.5, 0.6) is 0 Å². The molecule has 1 atom stereocenters. The summed E-state index contributed by atoms with van der Waals surface area (Å²) in [6.07, 6.45) is -4.31. The maximum absolute atomic E-state index is 12.1. The number of hydrogen-bond donors (Lipinski definition) is 0. The van der Waals surface area contributed by atoms with Gasteiger partial charge >= 0.3 is 12.1 Å². The second-order valence-corrected chi connectivity index (χ2v) is 4.38. The molecule has 1 unspecified atom stereocenters. The minimum Gasteiger partial charge on any atom is -0.458 e. The predicted molar refractivity (Wildman–Crippen MR) is 71.5 cm³/mol. The zero-order chi connectivity index (χ0) is 15.7. The van der Waals surface area contributed by atoms with Crippen molar-refractivity contribution in [1.82, 2.24) is 0 Å². The van der Waals surface area contributed by atoms with Gasteiger partial charge in [0.15, 0.2) is 0 Å². The number of halogens is 3. The number of ether oxygens (including phenoxy) is 2. The molecule has 0 bridgehead atoms. The molecule has 0 aliphatic carbocycles. The third kappa shape index (κ3) is 8.86. The Morgan fingerprint density at radius 3 is 2.52 bits per heavy atom. The molecule has 0 N–H and O–H groups in total. The highest BCUT2D eigenvalue weighted by Crippen LogP contribution is 2.17. The van der Waals surface area contributed by atoms with Gasteiger partial charge in [0, 0.05) is 19.4 Å².